The maximum Gasteiger partial charge on any atom is 0.243 e. The molecule has 2 heterocycles. The number of hydrogen-bond donors (Lipinski definition) is 2. The van der Waals surface area contributed by atoms with E-state index in [4.69, 9.17) is 0 Å². The van der Waals surface area contributed by atoms with Gasteiger partial charge in [0.15, 0.2) is 0 Å². The van der Waals surface area contributed by atoms with Gasteiger partial charge >= 0.3 is 0 Å². The maximum absolute atomic E-state index is 12.8. The van der Waals surface area contributed by atoms with Crippen LogP contribution in [0.25, 0.3) is 0 Å². The van der Waals surface area contributed by atoms with Crippen LogP contribution < -0.4 is 5.32 Å². The monoisotopic (exact) mass is 348 g/mol. The summed E-state index contributed by atoms with van der Waals surface area (Å²) in [6.07, 6.45) is 4.43. The van der Waals surface area contributed by atoms with E-state index in [1.165, 1.54) is 10.5 Å². The molecule has 1 amide bonds. The average molecular weight is 348 g/mol. The molecule has 128 valence electrons. The molecule has 1 aromatic heterocycles. The van der Waals surface area contributed by atoms with Gasteiger partial charge in [-0.3, -0.25) is 9.89 Å². The van der Waals surface area contributed by atoms with Gasteiger partial charge in [-0.05, 0) is 31.9 Å². The van der Waals surface area contributed by atoms with Crippen LogP contribution in [-0.4, -0.2) is 41.9 Å². The van der Waals surface area contributed by atoms with Crippen LogP contribution in [0.2, 0.25) is 0 Å². The zero-order valence-corrected chi connectivity index (χ0v) is 14.2. The zero-order valence-electron chi connectivity index (χ0n) is 13.4. The summed E-state index contributed by atoms with van der Waals surface area (Å²) in [7, 11) is -3.57. The first-order valence-corrected chi connectivity index (χ1v) is 9.27. The minimum atomic E-state index is -3.57. The Bertz CT molecular complexity index is 800. The molecule has 1 saturated heterocycles. The number of nitrogens with zero attached hydrogens (tertiary/aromatic N) is 2. The van der Waals surface area contributed by atoms with Gasteiger partial charge in [-0.15, -0.1) is 0 Å². The summed E-state index contributed by atoms with van der Waals surface area (Å²) in [6, 6.07) is 6.78. The second kappa shape index (κ2) is 6.74. The van der Waals surface area contributed by atoms with Gasteiger partial charge in [0.25, 0.3) is 0 Å². The van der Waals surface area contributed by atoms with Crippen molar-refractivity contribution >= 4 is 21.6 Å². The van der Waals surface area contributed by atoms with Gasteiger partial charge in [-0.25, -0.2) is 8.42 Å². The number of amides is 1. The number of carbonyl (C=O) groups excluding carboxylic acids is 1. The number of aromatic nitrogens is 2. The van der Waals surface area contributed by atoms with Crippen molar-refractivity contribution in [3.8, 4) is 0 Å². The molecular formula is C16H20N4O3S. The summed E-state index contributed by atoms with van der Waals surface area (Å²) in [6.45, 7) is 2.54. The van der Waals surface area contributed by atoms with E-state index in [-0.39, 0.29) is 23.3 Å². The Balaban J connectivity index is 1.72. The van der Waals surface area contributed by atoms with Gasteiger partial charge in [-0.1, -0.05) is 17.7 Å². The molecule has 0 saturated carbocycles. The Morgan fingerprint density at radius 2 is 2.08 bits per heavy atom. The molecule has 1 aliphatic rings. The fraction of sp³-hybridized carbons (Fsp3) is 0.375. The predicted molar refractivity (Wildman–Crippen MR) is 89.9 cm³/mol. The Kier molecular flexibility index (Phi) is 4.68. The highest BCUT2D eigenvalue weighted by Crippen LogP contribution is 2.24. The lowest BCUT2D eigenvalue weighted by molar-refractivity contribution is -0.120. The lowest BCUT2D eigenvalue weighted by Crippen LogP contribution is -2.43. The fourth-order valence-corrected chi connectivity index (χ4v) is 4.32. The van der Waals surface area contributed by atoms with Gasteiger partial charge in [-0.2, -0.15) is 9.40 Å². The highest BCUT2D eigenvalue weighted by atomic mass is 32.2. The molecule has 0 bridgehead atoms. The van der Waals surface area contributed by atoms with Gasteiger partial charge in [0, 0.05) is 19.3 Å². The number of hydrogen-bond acceptors (Lipinski definition) is 4. The van der Waals surface area contributed by atoms with Crippen LogP contribution in [0.4, 0.5) is 5.69 Å². The van der Waals surface area contributed by atoms with Crippen LogP contribution in [-0.2, 0) is 14.8 Å². The van der Waals surface area contributed by atoms with Crippen LogP contribution in [0, 0.1) is 12.8 Å². The third-order valence-electron chi connectivity index (χ3n) is 4.18. The van der Waals surface area contributed by atoms with Crippen molar-refractivity contribution in [2.75, 3.05) is 18.4 Å². The topological polar surface area (TPSA) is 95.2 Å². The number of rotatable bonds is 4. The van der Waals surface area contributed by atoms with Crippen LogP contribution in [0.1, 0.15) is 18.4 Å². The summed E-state index contributed by atoms with van der Waals surface area (Å²) in [4.78, 5) is 12.6. The van der Waals surface area contributed by atoms with Crippen molar-refractivity contribution < 1.29 is 13.2 Å². The SMILES string of the molecule is Cc1ccc(S(=O)(=O)N2CCC[C@H](C(=O)Nc3cn[nH]c3)C2)cc1. The Hall–Kier alpha value is -2.19. The predicted octanol–water partition coefficient (Wildman–Crippen LogP) is 1.76. The average Bonchev–Trinajstić information content (AvgIpc) is 3.08. The van der Waals surface area contributed by atoms with E-state index in [2.05, 4.69) is 15.5 Å². The second-order valence-electron chi connectivity index (χ2n) is 5.99. The number of carbonyl (C=O) groups is 1. The van der Waals surface area contributed by atoms with Crippen LogP contribution in [0.15, 0.2) is 41.6 Å². The van der Waals surface area contributed by atoms with Crippen LogP contribution in [0.3, 0.4) is 0 Å². The Morgan fingerprint density at radius 3 is 2.75 bits per heavy atom. The lowest BCUT2D eigenvalue weighted by Gasteiger charge is -2.31. The number of aromatic amines is 1. The number of benzene rings is 1. The third-order valence-corrected chi connectivity index (χ3v) is 6.06. The molecule has 2 N–H and O–H groups in total. The quantitative estimate of drug-likeness (QED) is 0.880. The van der Waals surface area contributed by atoms with E-state index < -0.39 is 10.0 Å². The van der Waals surface area contributed by atoms with E-state index in [1.807, 2.05) is 6.92 Å². The van der Waals surface area contributed by atoms with Crippen molar-refractivity contribution in [3.05, 3.63) is 42.2 Å². The molecule has 0 unspecified atom stereocenters. The first kappa shape index (κ1) is 16.7. The molecule has 0 radical (unpaired) electrons. The summed E-state index contributed by atoms with van der Waals surface area (Å²) < 4.78 is 26.9. The first-order chi connectivity index (χ1) is 11.5. The van der Waals surface area contributed by atoms with E-state index in [0.29, 0.717) is 25.1 Å². The van der Waals surface area contributed by atoms with Crippen molar-refractivity contribution in [3.63, 3.8) is 0 Å². The maximum atomic E-state index is 12.8. The van der Waals surface area contributed by atoms with Crippen LogP contribution >= 0.6 is 0 Å². The molecule has 0 aliphatic carbocycles. The van der Waals surface area contributed by atoms with Crippen molar-refractivity contribution in [2.24, 2.45) is 5.92 Å². The molecule has 1 atom stereocenters. The Morgan fingerprint density at radius 1 is 1.33 bits per heavy atom. The van der Waals surface area contributed by atoms with E-state index in [0.717, 1.165) is 5.56 Å². The molecule has 8 heteroatoms. The number of anilines is 1. The highest BCUT2D eigenvalue weighted by Gasteiger charge is 2.33. The number of piperidine rings is 1. The van der Waals surface area contributed by atoms with E-state index in [1.54, 1.807) is 30.5 Å². The smallest absolute Gasteiger partial charge is 0.243 e. The highest BCUT2D eigenvalue weighted by molar-refractivity contribution is 7.89. The number of sulfonamides is 1. The molecule has 1 aromatic carbocycles. The van der Waals surface area contributed by atoms with Crippen LogP contribution in [0.5, 0.6) is 0 Å². The molecule has 1 fully saturated rings. The summed E-state index contributed by atoms with van der Waals surface area (Å²) in [5.74, 6) is -0.547. The van der Waals surface area contributed by atoms with Crippen molar-refractivity contribution in [1.29, 1.82) is 0 Å². The lowest BCUT2D eigenvalue weighted by atomic mass is 9.99. The molecule has 24 heavy (non-hydrogen) atoms. The second-order valence-corrected chi connectivity index (χ2v) is 7.93. The molecular weight excluding hydrogens is 328 g/mol. The van der Waals surface area contributed by atoms with Crippen molar-refractivity contribution in [2.45, 2.75) is 24.7 Å². The Labute approximate surface area is 141 Å². The minimum absolute atomic E-state index is 0.180. The number of nitrogens with one attached hydrogen (secondary N) is 2. The first-order valence-electron chi connectivity index (χ1n) is 7.83. The van der Waals surface area contributed by atoms with Gasteiger partial charge in [0.1, 0.15) is 0 Å². The largest absolute Gasteiger partial charge is 0.323 e. The number of H-pyrrole nitrogens is 1. The third kappa shape index (κ3) is 3.49. The standard InChI is InChI=1S/C16H20N4O3S/c1-12-4-6-15(7-5-12)24(22,23)20-8-2-3-13(11-20)16(21)19-14-9-17-18-10-14/h4-7,9-10,13H,2-3,8,11H2,1H3,(H,17,18)(H,19,21)/t13-/m0/s1. The van der Waals surface area contributed by atoms with E-state index >= 15 is 0 Å². The van der Waals surface area contributed by atoms with Crippen molar-refractivity contribution in [1.82, 2.24) is 14.5 Å². The summed E-state index contributed by atoms with van der Waals surface area (Å²) in [5.41, 5.74) is 1.59. The van der Waals surface area contributed by atoms with Gasteiger partial charge in [0.05, 0.1) is 22.7 Å². The number of aryl methyl sites for hydroxylation is 1. The molecule has 2 aromatic rings. The van der Waals surface area contributed by atoms with Gasteiger partial charge < -0.3 is 5.32 Å². The minimum Gasteiger partial charge on any atom is -0.323 e. The molecule has 1 aliphatic heterocycles. The van der Waals surface area contributed by atoms with E-state index in [9.17, 15) is 13.2 Å². The summed E-state index contributed by atoms with van der Waals surface area (Å²) >= 11 is 0. The summed E-state index contributed by atoms with van der Waals surface area (Å²) in [5, 5.41) is 9.16. The normalized spacial score (nSPS) is 19.1. The fourth-order valence-electron chi connectivity index (χ4n) is 2.80. The molecule has 0 spiro atoms. The molecule has 7 nitrogen and oxygen atoms in total. The zero-order chi connectivity index (χ0) is 17.2. The van der Waals surface area contributed by atoms with Gasteiger partial charge in [0.2, 0.25) is 15.9 Å². The molecule has 3 rings (SSSR count).